The van der Waals surface area contributed by atoms with Crippen molar-refractivity contribution in [3.05, 3.63) is 23.0 Å². The van der Waals surface area contributed by atoms with Crippen molar-refractivity contribution in [3.8, 4) is 0 Å². The smallest absolute Gasteiger partial charge is 0.259 e. The van der Waals surface area contributed by atoms with E-state index in [-0.39, 0.29) is 23.3 Å². The van der Waals surface area contributed by atoms with Crippen molar-refractivity contribution in [2.24, 2.45) is 5.41 Å². The van der Waals surface area contributed by atoms with E-state index in [4.69, 9.17) is 4.52 Å². The first-order valence-electron chi connectivity index (χ1n) is 10.6. The number of pyridine rings is 1. The lowest BCUT2D eigenvalue weighted by molar-refractivity contribution is -0.119. The predicted molar refractivity (Wildman–Crippen MR) is 110 cm³/mol. The van der Waals surface area contributed by atoms with Gasteiger partial charge in [0, 0.05) is 37.7 Å². The number of nitrogens with zero attached hydrogens (tertiary/aromatic N) is 3. The van der Waals surface area contributed by atoms with Crippen LogP contribution in [0.2, 0.25) is 0 Å². The number of aromatic nitrogens is 2. The molecule has 1 aliphatic heterocycles. The number of rotatable bonds is 4. The van der Waals surface area contributed by atoms with Crippen LogP contribution in [-0.4, -0.2) is 46.0 Å². The van der Waals surface area contributed by atoms with Gasteiger partial charge in [0.15, 0.2) is 0 Å². The standard InChI is InChI=1S/C22H30N4O3/c1-13(27)23-15-7-9-26(10-8-15)21(28)16-11-17(14-5-6-14)24-20-19(16)18(25-29-20)12-22(2,3)4/h11,14-15H,5-10,12H2,1-4H3,(H,23,27). The summed E-state index contributed by atoms with van der Waals surface area (Å²) in [6.07, 6.45) is 4.48. The molecule has 1 saturated carbocycles. The molecule has 1 aliphatic carbocycles. The molecule has 29 heavy (non-hydrogen) atoms. The quantitative estimate of drug-likeness (QED) is 0.852. The Morgan fingerprint density at radius 1 is 1.21 bits per heavy atom. The summed E-state index contributed by atoms with van der Waals surface area (Å²) in [5.74, 6) is 0.419. The summed E-state index contributed by atoms with van der Waals surface area (Å²) < 4.78 is 5.57. The fourth-order valence-corrected chi connectivity index (χ4v) is 4.09. The molecule has 156 valence electrons. The molecule has 2 amide bonds. The fraction of sp³-hybridized carbons (Fsp3) is 0.636. The van der Waals surface area contributed by atoms with Crippen molar-refractivity contribution in [1.29, 1.82) is 0 Å². The number of hydrogen-bond acceptors (Lipinski definition) is 5. The molecule has 2 aromatic rings. The van der Waals surface area contributed by atoms with Gasteiger partial charge in [-0.1, -0.05) is 25.9 Å². The highest BCUT2D eigenvalue weighted by Gasteiger charge is 2.32. The van der Waals surface area contributed by atoms with Crippen molar-refractivity contribution in [3.63, 3.8) is 0 Å². The van der Waals surface area contributed by atoms with Gasteiger partial charge in [0.25, 0.3) is 11.6 Å². The van der Waals surface area contributed by atoms with Crippen LogP contribution in [0.4, 0.5) is 0 Å². The van der Waals surface area contributed by atoms with Crippen LogP contribution in [0.25, 0.3) is 11.1 Å². The van der Waals surface area contributed by atoms with E-state index in [0.29, 0.717) is 30.3 Å². The summed E-state index contributed by atoms with van der Waals surface area (Å²) in [6, 6.07) is 2.11. The van der Waals surface area contributed by atoms with E-state index in [1.54, 1.807) is 0 Å². The summed E-state index contributed by atoms with van der Waals surface area (Å²) in [4.78, 5) is 31.4. The minimum atomic E-state index is -0.0176. The average Bonchev–Trinajstić information content (AvgIpc) is 3.42. The van der Waals surface area contributed by atoms with Gasteiger partial charge >= 0.3 is 0 Å². The molecule has 2 aliphatic rings. The number of carbonyl (C=O) groups excluding carboxylic acids is 2. The van der Waals surface area contributed by atoms with Crippen LogP contribution in [0.3, 0.4) is 0 Å². The highest BCUT2D eigenvalue weighted by molar-refractivity contribution is 6.06. The maximum atomic E-state index is 13.5. The Labute approximate surface area is 171 Å². The van der Waals surface area contributed by atoms with Crippen LogP contribution in [0.1, 0.15) is 81.0 Å². The van der Waals surface area contributed by atoms with E-state index < -0.39 is 0 Å². The maximum Gasteiger partial charge on any atom is 0.259 e. The van der Waals surface area contributed by atoms with E-state index in [0.717, 1.165) is 48.9 Å². The monoisotopic (exact) mass is 398 g/mol. The van der Waals surface area contributed by atoms with Crippen molar-refractivity contribution < 1.29 is 14.1 Å². The second-order valence-corrected chi connectivity index (χ2v) is 9.68. The third kappa shape index (κ3) is 4.43. The van der Waals surface area contributed by atoms with Crippen LogP contribution in [0, 0.1) is 5.41 Å². The summed E-state index contributed by atoms with van der Waals surface area (Å²) in [5, 5.41) is 8.00. The highest BCUT2D eigenvalue weighted by atomic mass is 16.5. The zero-order chi connectivity index (χ0) is 20.8. The molecule has 1 saturated heterocycles. The van der Waals surface area contributed by atoms with Gasteiger partial charge in [-0.15, -0.1) is 0 Å². The molecule has 0 radical (unpaired) electrons. The van der Waals surface area contributed by atoms with Gasteiger partial charge < -0.3 is 14.7 Å². The number of likely N-dealkylation sites (tertiary alicyclic amines) is 1. The fourth-order valence-electron chi connectivity index (χ4n) is 4.09. The lowest BCUT2D eigenvalue weighted by atomic mass is 9.89. The number of piperidine rings is 1. The molecule has 7 heteroatoms. The first-order chi connectivity index (χ1) is 13.7. The van der Waals surface area contributed by atoms with E-state index in [1.165, 1.54) is 6.92 Å². The van der Waals surface area contributed by atoms with Crippen molar-refractivity contribution in [2.75, 3.05) is 13.1 Å². The van der Waals surface area contributed by atoms with E-state index >= 15 is 0 Å². The Morgan fingerprint density at radius 2 is 1.90 bits per heavy atom. The van der Waals surface area contributed by atoms with Crippen LogP contribution in [0.5, 0.6) is 0 Å². The Balaban J connectivity index is 1.65. The van der Waals surface area contributed by atoms with E-state index in [1.807, 2.05) is 11.0 Å². The molecule has 7 nitrogen and oxygen atoms in total. The Morgan fingerprint density at radius 3 is 2.48 bits per heavy atom. The third-order valence-corrected chi connectivity index (χ3v) is 5.65. The molecule has 2 aromatic heterocycles. The van der Waals surface area contributed by atoms with Crippen molar-refractivity contribution >= 4 is 22.9 Å². The first kappa shape index (κ1) is 19.9. The molecule has 2 fully saturated rings. The van der Waals surface area contributed by atoms with Crippen LogP contribution in [0.15, 0.2) is 10.6 Å². The first-order valence-corrected chi connectivity index (χ1v) is 10.6. The molecule has 0 spiro atoms. The molecule has 0 atom stereocenters. The lowest BCUT2D eigenvalue weighted by Crippen LogP contribution is -2.46. The number of hydrogen-bond donors (Lipinski definition) is 1. The number of fused-ring (bicyclic) bond motifs is 1. The van der Waals surface area contributed by atoms with Gasteiger partial charge in [-0.3, -0.25) is 9.59 Å². The largest absolute Gasteiger partial charge is 0.353 e. The number of amides is 2. The summed E-state index contributed by atoms with van der Waals surface area (Å²) >= 11 is 0. The Hall–Kier alpha value is -2.44. The topological polar surface area (TPSA) is 88.3 Å². The van der Waals surface area contributed by atoms with Crippen molar-refractivity contribution in [1.82, 2.24) is 20.4 Å². The number of nitrogens with one attached hydrogen (secondary N) is 1. The van der Waals surface area contributed by atoms with Crippen molar-refractivity contribution in [2.45, 2.75) is 71.8 Å². The Kier molecular flexibility index (Phi) is 5.09. The Bertz CT molecular complexity index is 931. The molecule has 1 N–H and O–H groups in total. The second kappa shape index (κ2) is 7.43. The summed E-state index contributed by atoms with van der Waals surface area (Å²) in [6.45, 7) is 9.24. The molecule has 0 bridgehead atoms. The second-order valence-electron chi connectivity index (χ2n) is 9.68. The van der Waals surface area contributed by atoms with Crippen LogP contribution < -0.4 is 5.32 Å². The van der Waals surface area contributed by atoms with Gasteiger partial charge in [0.2, 0.25) is 5.91 Å². The van der Waals surface area contributed by atoms with E-state index in [9.17, 15) is 9.59 Å². The van der Waals surface area contributed by atoms with Gasteiger partial charge in [-0.25, -0.2) is 4.98 Å². The van der Waals surface area contributed by atoms with Crippen LogP contribution in [-0.2, 0) is 11.2 Å². The molecular weight excluding hydrogens is 368 g/mol. The molecule has 4 rings (SSSR count). The van der Waals surface area contributed by atoms with Gasteiger partial charge in [0.1, 0.15) is 0 Å². The SMILES string of the molecule is CC(=O)NC1CCN(C(=O)c2cc(C3CC3)nc3onc(CC(C)(C)C)c23)CC1. The molecule has 0 aromatic carbocycles. The normalized spacial score (nSPS) is 18.3. The predicted octanol–water partition coefficient (Wildman–Crippen LogP) is 3.43. The maximum absolute atomic E-state index is 13.5. The molecule has 3 heterocycles. The zero-order valence-electron chi connectivity index (χ0n) is 17.7. The molecular formula is C22H30N4O3. The summed E-state index contributed by atoms with van der Waals surface area (Å²) in [7, 11) is 0. The molecule has 0 unspecified atom stereocenters. The highest BCUT2D eigenvalue weighted by Crippen LogP contribution is 2.41. The average molecular weight is 399 g/mol. The van der Waals surface area contributed by atoms with Crippen LogP contribution >= 0.6 is 0 Å². The van der Waals surface area contributed by atoms with Gasteiger partial charge in [0.05, 0.1) is 16.6 Å². The number of carbonyl (C=O) groups is 2. The third-order valence-electron chi connectivity index (χ3n) is 5.65. The lowest BCUT2D eigenvalue weighted by Gasteiger charge is -2.32. The van der Waals surface area contributed by atoms with Gasteiger partial charge in [-0.05, 0) is 43.6 Å². The van der Waals surface area contributed by atoms with E-state index in [2.05, 4.69) is 36.2 Å². The summed E-state index contributed by atoms with van der Waals surface area (Å²) in [5.41, 5.74) is 2.91. The zero-order valence-corrected chi connectivity index (χ0v) is 17.7. The van der Waals surface area contributed by atoms with Gasteiger partial charge in [-0.2, -0.15) is 0 Å². The minimum absolute atomic E-state index is 0.0129. The minimum Gasteiger partial charge on any atom is -0.353 e.